The normalized spacial score (nSPS) is 38.2. The molecule has 132 valence electrons. The van der Waals surface area contributed by atoms with Crippen molar-refractivity contribution in [3.8, 4) is 0 Å². The lowest BCUT2D eigenvalue weighted by atomic mass is 9.53. The molecule has 5 heteroatoms. The number of hydrogen-bond acceptors (Lipinski definition) is 3. The number of anilines is 1. The minimum absolute atomic E-state index is 0.0103. The largest absolute Gasteiger partial charge is 0.347 e. The molecule has 1 unspecified atom stereocenters. The van der Waals surface area contributed by atoms with Crippen molar-refractivity contribution in [3.05, 3.63) is 23.8 Å². The zero-order chi connectivity index (χ0) is 17.2. The van der Waals surface area contributed by atoms with Gasteiger partial charge in [0.1, 0.15) is 0 Å². The monoisotopic (exact) mass is 356 g/mol. The second kappa shape index (κ2) is 5.50. The van der Waals surface area contributed by atoms with Crippen LogP contribution in [-0.4, -0.2) is 22.6 Å². The molecule has 4 aliphatic carbocycles. The van der Waals surface area contributed by atoms with Crippen LogP contribution in [0.3, 0.4) is 0 Å². The molecular formula is C20H24N2O2S. The fraction of sp³-hybridized carbons (Fsp3) is 0.600. The molecule has 25 heavy (non-hydrogen) atoms. The Morgan fingerprint density at radius 1 is 1.16 bits per heavy atom. The summed E-state index contributed by atoms with van der Waals surface area (Å²) in [4.78, 5) is 25.9. The van der Waals surface area contributed by atoms with E-state index in [-0.39, 0.29) is 22.6 Å². The molecule has 1 aliphatic heterocycles. The van der Waals surface area contributed by atoms with Gasteiger partial charge < -0.3 is 10.6 Å². The smallest absolute Gasteiger partial charge is 0.251 e. The lowest BCUT2D eigenvalue weighted by Gasteiger charge is -2.56. The van der Waals surface area contributed by atoms with Gasteiger partial charge in [0.05, 0.1) is 10.9 Å². The van der Waals surface area contributed by atoms with Gasteiger partial charge in [-0.3, -0.25) is 9.59 Å². The molecule has 1 atom stereocenters. The molecule has 2 N–H and O–H groups in total. The molecule has 0 spiro atoms. The Morgan fingerprint density at radius 3 is 2.44 bits per heavy atom. The van der Waals surface area contributed by atoms with Crippen LogP contribution in [0.1, 0.15) is 55.8 Å². The maximum atomic E-state index is 12.9. The van der Waals surface area contributed by atoms with Crippen molar-refractivity contribution in [3.63, 3.8) is 0 Å². The third kappa shape index (κ3) is 2.67. The van der Waals surface area contributed by atoms with Crippen molar-refractivity contribution in [2.75, 3.05) is 5.32 Å². The highest BCUT2D eigenvalue weighted by atomic mass is 32.2. The highest BCUT2D eigenvalue weighted by Gasteiger charge is 2.51. The molecule has 1 aromatic carbocycles. The number of nitrogens with one attached hydrogen (secondary N) is 2. The SMILES string of the molecule is CC1Sc2ccc(C(=O)NC34CC5CC(CC(C5)C3)C4)cc2NC1=O. The van der Waals surface area contributed by atoms with E-state index in [0.29, 0.717) is 5.56 Å². The summed E-state index contributed by atoms with van der Waals surface area (Å²) in [5.41, 5.74) is 1.45. The van der Waals surface area contributed by atoms with Crippen molar-refractivity contribution in [1.29, 1.82) is 0 Å². The molecule has 6 rings (SSSR count). The molecule has 2 amide bonds. The summed E-state index contributed by atoms with van der Waals surface area (Å²) in [6.07, 6.45) is 7.57. The van der Waals surface area contributed by atoms with Crippen LogP contribution < -0.4 is 10.6 Å². The highest BCUT2D eigenvalue weighted by molar-refractivity contribution is 8.00. The lowest BCUT2D eigenvalue weighted by molar-refractivity contribution is -0.115. The van der Waals surface area contributed by atoms with Gasteiger partial charge in [-0.25, -0.2) is 0 Å². The third-order valence-electron chi connectivity index (χ3n) is 6.59. The molecule has 5 aliphatic rings. The van der Waals surface area contributed by atoms with Gasteiger partial charge in [-0.05, 0) is 81.4 Å². The number of carbonyl (C=O) groups excluding carboxylic acids is 2. The summed E-state index contributed by atoms with van der Waals surface area (Å²) >= 11 is 1.55. The average Bonchev–Trinajstić information content (AvgIpc) is 2.53. The van der Waals surface area contributed by atoms with Crippen LogP contribution in [0.15, 0.2) is 23.1 Å². The van der Waals surface area contributed by atoms with Gasteiger partial charge in [0.15, 0.2) is 0 Å². The highest BCUT2D eigenvalue weighted by Crippen LogP contribution is 2.55. The molecule has 1 aromatic rings. The number of rotatable bonds is 2. The van der Waals surface area contributed by atoms with Crippen LogP contribution in [-0.2, 0) is 4.79 Å². The van der Waals surface area contributed by atoms with Crippen LogP contribution >= 0.6 is 11.8 Å². The first kappa shape index (κ1) is 15.7. The Bertz CT molecular complexity index is 725. The molecular weight excluding hydrogens is 332 g/mol. The predicted molar refractivity (Wildman–Crippen MR) is 98.8 cm³/mol. The van der Waals surface area contributed by atoms with E-state index >= 15 is 0 Å². The first-order valence-corrected chi connectivity index (χ1v) is 10.3. The quantitative estimate of drug-likeness (QED) is 0.847. The molecule has 4 fully saturated rings. The molecule has 4 nitrogen and oxygen atoms in total. The van der Waals surface area contributed by atoms with Crippen molar-refractivity contribution in [1.82, 2.24) is 5.32 Å². The summed E-state index contributed by atoms with van der Waals surface area (Å²) in [6.45, 7) is 1.90. The number of hydrogen-bond donors (Lipinski definition) is 2. The summed E-state index contributed by atoms with van der Waals surface area (Å²) < 4.78 is 0. The van der Waals surface area contributed by atoms with Gasteiger partial charge in [0, 0.05) is 16.0 Å². The van der Waals surface area contributed by atoms with Crippen molar-refractivity contribution >= 4 is 29.3 Å². The van der Waals surface area contributed by atoms with Gasteiger partial charge in [-0.2, -0.15) is 0 Å². The zero-order valence-corrected chi connectivity index (χ0v) is 15.3. The lowest BCUT2D eigenvalue weighted by Crippen LogP contribution is -2.59. The van der Waals surface area contributed by atoms with Gasteiger partial charge >= 0.3 is 0 Å². The van der Waals surface area contributed by atoms with E-state index in [4.69, 9.17) is 0 Å². The van der Waals surface area contributed by atoms with E-state index in [1.54, 1.807) is 11.8 Å². The second-order valence-electron chi connectivity index (χ2n) is 8.61. The molecule has 4 bridgehead atoms. The zero-order valence-electron chi connectivity index (χ0n) is 14.5. The van der Waals surface area contributed by atoms with Crippen molar-refractivity contribution in [2.45, 2.75) is 61.1 Å². The van der Waals surface area contributed by atoms with Gasteiger partial charge in [0.25, 0.3) is 5.91 Å². The topological polar surface area (TPSA) is 58.2 Å². The van der Waals surface area contributed by atoms with E-state index in [1.807, 2.05) is 25.1 Å². The third-order valence-corrected chi connectivity index (χ3v) is 7.77. The molecule has 0 radical (unpaired) electrons. The first-order chi connectivity index (χ1) is 12.0. The first-order valence-electron chi connectivity index (χ1n) is 9.44. The van der Waals surface area contributed by atoms with Crippen molar-refractivity contribution in [2.24, 2.45) is 17.8 Å². The summed E-state index contributed by atoms with van der Waals surface area (Å²) in [5, 5.41) is 6.25. The van der Waals surface area contributed by atoms with Crippen LogP contribution in [0.5, 0.6) is 0 Å². The molecule has 4 saturated carbocycles. The Morgan fingerprint density at radius 2 is 1.80 bits per heavy atom. The summed E-state index contributed by atoms with van der Waals surface area (Å²) in [5.74, 6) is 2.46. The number of thioether (sulfide) groups is 1. The molecule has 1 heterocycles. The Kier molecular flexibility index (Phi) is 3.46. The standard InChI is InChI=1S/C20H24N2O2S/c1-11-18(23)21-16-7-15(2-3-17(16)25-11)19(24)22-20-8-12-4-13(9-20)6-14(5-12)10-20/h2-3,7,11-14H,4-6,8-10H2,1H3,(H,21,23)(H,22,24). The maximum Gasteiger partial charge on any atom is 0.251 e. The van der Waals surface area contributed by atoms with Crippen LogP contribution in [0.4, 0.5) is 5.69 Å². The number of carbonyl (C=O) groups is 2. The number of benzene rings is 1. The summed E-state index contributed by atoms with van der Waals surface area (Å²) in [6, 6.07) is 5.69. The van der Waals surface area contributed by atoms with E-state index in [1.165, 1.54) is 19.3 Å². The van der Waals surface area contributed by atoms with Crippen LogP contribution in [0.25, 0.3) is 0 Å². The van der Waals surface area contributed by atoms with Crippen LogP contribution in [0.2, 0.25) is 0 Å². The van der Waals surface area contributed by atoms with Gasteiger partial charge in [-0.1, -0.05) is 0 Å². The minimum Gasteiger partial charge on any atom is -0.347 e. The van der Waals surface area contributed by atoms with Crippen LogP contribution in [0, 0.1) is 17.8 Å². The van der Waals surface area contributed by atoms with Gasteiger partial charge in [0.2, 0.25) is 5.91 Å². The van der Waals surface area contributed by atoms with E-state index < -0.39 is 0 Å². The second-order valence-corrected chi connectivity index (χ2v) is 9.99. The fourth-order valence-corrected chi connectivity index (χ4v) is 6.86. The Hall–Kier alpha value is -1.49. The van der Waals surface area contributed by atoms with Gasteiger partial charge in [-0.15, -0.1) is 11.8 Å². The summed E-state index contributed by atoms with van der Waals surface area (Å²) in [7, 11) is 0. The Labute approximate surface area is 152 Å². The fourth-order valence-electron chi connectivity index (χ4n) is 5.93. The molecule has 0 saturated heterocycles. The number of fused-ring (bicyclic) bond motifs is 1. The predicted octanol–water partition coefficient (Wildman–Crippen LogP) is 3.82. The number of amides is 2. The molecule has 0 aromatic heterocycles. The van der Waals surface area contributed by atoms with E-state index in [9.17, 15) is 9.59 Å². The Balaban J connectivity index is 1.37. The maximum absolute atomic E-state index is 12.9. The van der Waals surface area contributed by atoms with E-state index in [0.717, 1.165) is 47.6 Å². The van der Waals surface area contributed by atoms with Crippen molar-refractivity contribution < 1.29 is 9.59 Å². The average molecular weight is 356 g/mol. The minimum atomic E-state index is -0.0841. The van der Waals surface area contributed by atoms with E-state index in [2.05, 4.69) is 10.6 Å².